The SMILES string of the molecule is COCC(O)CNC(=O)NC(C)C(C)(C)C. The Labute approximate surface area is 97.6 Å². The standard InChI is InChI=1S/C11H24N2O3/c1-8(11(2,3)4)13-10(15)12-6-9(14)7-16-5/h8-9,14H,6-7H2,1-5H3,(H2,12,13,15). The Bertz CT molecular complexity index is 214. The summed E-state index contributed by atoms with van der Waals surface area (Å²) in [6.45, 7) is 8.52. The van der Waals surface area contributed by atoms with E-state index >= 15 is 0 Å². The van der Waals surface area contributed by atoms with E-state index in [1.165, 1.54) is 7.11 Å². The lowest BCUT2D eigenvalue weighted by Crippen LogP contribution is -2.48. The van der Waals surface area contributed by atoms with E-state index in [0.29, 0.717) is 0 Å². The Morgan fingerprint density at radius 1 is 1.44 bits per heavy atom. The maximum Gasteiger partial charge on any atom is 0.315 e. The molecule has 5 heteroatoms. The number of aliphatic hydroxyl groups is 1. The van der Waals surface area contributed by atoms with E-state index in [1.807, 2.05) is 6.92 Å². The topological polar surface area (TPSA) is 70.6 Å². The fraction of sp³-hybridized carbons (Fsp3) is 0.909. The second-order valence-electron chi connectivity index (χ2n) is 5.05. The van der Waals surface area contributed by atoms with Gasteiger partial charge >= 0.3 is 6.03 Å². The summed E-state index contributed by atoms with van der Waals surface area (Å²) >= 11 is 0. The van der Waals surface area contributed by atoms with Crippen molar-refractivity contribution in [2.75, 3.05) is 20.3 Å². The monoisotopic (exact) mass is 232 g/mol. The molecule has 0 rings (SSSR count). The summed E-state index contributed by atoms with van der Waals surface area (Å²) < 4.78 is 4.75. The predicted molar refractivity (Wildman–Crippen MR) is 63.3 cm³/mol. The van der Waals surface area contributed by atoms with Crippen molar-refractivity contribution >= 4 is 6.03 Å². The number of methoxy groups -OCH3 is 1. The Morgan fingerprint density at radius 2 is 2.00 bits per heavy atom. The maximum absolute atomic E-state index is 11.4. The molecule has 0 aliphatic rings. The third-order valence-electron chi connectivity index (χ3n) is 2.50. The van der Waals surface area contributed by atoms with Crippen molar-refractivity contribution in [2.24, 2.45) is 5.41 Å². The Kier molecular flexibility index (Phi) is 6.36. The smallest absolute Gasteiger partial charge is 0.315 e. The fourth-order valence-corrected chi connectivity index (χ4v) is 0.926. The Morgan fingerprint density at radius 3 is 2.44 bits per heavy atom. The highest BCUT2D eigenvalue weighted by Crippen LogP contribution is 2.18. The second-order valence-corrected chi connectivity index (χ2v) is 5.05. The zero-order valence-electron chi connectivity index (χ0n) is 10.8. The van der Waals surface area contributed by atoms with Crippen LogP contribution in [0.15, 0.2) is 0 Å². The molecule has 16 heavy (non-hydrogen) atoms. The number of aliphatic hydroxyl groups excluding tert-OH is 1. The van der Waals surface area contributed by atoms with Gasteiger partial charge in [-0.25, -0.2) is 4.79 Å². The van der Waals surface area contributed by atoms with E-state index in [4.69, 9.17) is 4.74 Å². The first-order valence-corrected chi connectivity index (χ1v) is 5.48. The van der Waals surface area contributed by atoms with Gasteiger partial charge in [0.1, 0.15) is 0 Å². The summed E-state index contributed by atoms with van der Waals surface area (Å²) in [5, 5.41) is 14.7. The molecular formula is C11H24N2O3. The van der Waals surface area contributed by atoms with Crippen molar-refractivity contribution < 1.29 is 14.6 Å². The average Bonchev–Trinajstić information content (AvgIpc) is 2.13. The van der Waals surface area contributed by atoms with Crippen LogP contribution in [0.2, 0.25) is 0 Å². The number of amides is 2. The summed E-state index contributed by atoms with van der Waals surface area (Å²) in [5.41, 5.74) is 0.0164. The summed E-state index contributed by atoms with van der Waals surface area (Å²) in [4.78, 5) is 11.4. The molecule has 2 unspecified atom stereocenters. The number of carbonyl (C=O) groups is 1. The number of hydrogen-bond acceptors (Lipinski definition) is 3. The highest BCUT2D eigenvalue weighted by molar-refractivity contribution is 5.74. The fourth-order valence-electron chi connectivity index (χ4n) is 0.926. The molecule has 0 radical (unpaired) electrons. The van der Waals surface area contributed by atoms with Crippen molar-refractivity contribution in [3.05, 3.63) is 0 Å². The zero-order valence-corrected chi connectivity index (χ0v) is 10.8. The highest BCUT2D eigenvalue weighted by Gasteiger charge is 2.21. The number of carbonyl (C=O) groups excluding carboxylic acids is 1. The van der Waals surface area contributed by atoms with Gasteiger partial charge in [0.15, 0.2) is 0 Å². The summed E-state index contributed by atoms with van der Waals surface area (Å²) in [6.07, 6.45) is -0.666. The summed E-state index contributed by atoms with van der Waals surface area (Å²) in [6, 6.07) is -0.204. The van der Waals surface area contributed by atoms with E-state index in [9.17, 15) is 9.90 Å². The van der Waals surface area contributed by atoms with Crippen LogP contribution in [0.5, 0.6) is 0 Å². The van der Waals surface area contributed by atoms with Gasteiger partial charge in [-0.1, -0.05) is 20.8 Å². The molecule has 0 saturated heterocycles. The lowest BCUT2D eigenvalue weighted by molar-refractivity contribution is 0.0658. The third-order valence-corrected chi connectivity index (χ3v) is 2.50. The molecule has 2 amide bonds. The molecule has 0 fully saturated rings. The predicted octanol–water partition coefficient (Wildman–Crippen LogP) is 0.727. The number of nitrogens with one attached hydrogen (secondary N) is 2. The summed E-state index contributed by atoms with van der Waals surface area (Å²) in [5.74, 6) is 0. The Balaban J connectivity index is 3.83. The van der Waals surface area contributed by atoms with Gasteiger partial charge in [-0.2, -0.15) is 0 Å². The van der Waals surface area contributed by atoms with Gasteiger partial charge in [0, 0.05) is 19.7 Å². The van der Waals surface area contributed by atoms with Crippen LogP contribution in [0.4, 0.5) is 4.79 Å². The first-order valence-electron chi connectivity index (χ1n) is 5.48. The van der Waals surface area contributed by atoms with Crippen LogP contribution in [0.3, 0.4) is 0 Å². The van der Waals surface area contributed by atoms with Crippen LogP contribution < -0.4 is 10.6 Å². The molecule has 2 atom stereocenters. The van der Waals surface area contributed by atoms with Gasteiger partial charge in [-0.05, 0) is 12.3 Å². The van der Waals surface area contributed by atoms with E-state index in [-0.39, 0.29) is 30.6 Å². The number of hydrogen-bond donors (Lipinski definition) is 3. The molecule has 96 valence electrons. The first-order chi connectivity index (χ1) is 7.27. The van der Waals surface area contributed by atoms with Gasteiger partial charge in [-0.3, -0.25) is 0 Å². The van der Waals surface area contributed by atoms with Crippen LogP contribution in [0.1, 0.15) is 27.7 Å². The van der Waals surface area contributed by atoms with Crippen molar-refractivity contribution in [3.63, 3.8) is 0 Å². The first kappa shape index (κ1) is 15.2. The average molecular weight is 232 g/mol. The quantitative estimate of drug-likeness (QED) is 0.654. The van der Waals surface area contributed by atoms with E-state index < -0.39 is 6.10 Å². The molecule has 5 nitrogen and oxygen atoms in total. The molecule has 0 aliphatic heterocycles. The molecular weight excluding hydrogens is 208 g/mol. The molecule has 0 spiro atoms. The van der Waals surface area contributed by atoms with Crippen LogP contribution in [-0.4, -0.2) is 43.5 Å². The van der Waals surface area contributed by atoms with Crippen molar-refractivity contribution in [2.45, 2.75) is 39.8 Å². The minimum atomic E-state index is -0.666. The molecule has 0 aliphatic carbocycles. The van der Waals surface area contributed by atoms with Crippen LogP contribution >= 0.6 is 0 Å². The second kappa shape index (κ2) is 6.70. The van der Waals surface area contributed by atoms with Crippen molar-refractivity contribution in [1.29, 1.82) is 0 Å². The molecule has 0 saturated carbocycles. The lowest BCUT2D eigenvalue weighted by Gasteiger charge is -2.28. The van der Waals surface area contributed by atoms with Crippen LogP contribution in [0, 0.1) is 5.41 Å². The molecule has 0 aromatic rings. The normalized spacial score (nSPS) is 15.4. The van der Waals surface area contributed by atoms with E-state index in [0.717, 1.165) is 0 Å². The number of ether oxygens (including phenoxy) is 1. The molecule has 0 bridgehead atoms. The highest BCUT2D eigenvalue weighted by atomic mass is 16.5. The van der Waals surface area contributed by atoms with Crippen LogP contribution in [0.25, 0.3) is 0 Å². The summed E-state index contributed by atoms with van der Waals surface area (Å²) in [7, 11) is 1.50. The van der Waals surface area contributed by atoms with Gasteiger partial charge in [0.05, 0.1) is 12.7 Å². The number of rotatable bonds is 5. The molecule has 0 heterocycles. The third kappa shape index (κ3) is 6.63. The van der Waals surface area contributed by atoms with E-state index in [2.05, 4.69) is 31.4 Å². The number of urea groups is 1. The van der Waals surface area contributed by atoms with Gasteiger partial charge < -0.3 is 20.5 Å². The van der Waals surface area contributed by atoms with E-state index in [1.54, 1.807) is 0 Å². The Hall–Kier alpha value is -0.810. The zero-order chi connectivity index (χ0) is 12.8. The van der Waals surface area contributed by atoms with Crippen molar-refractivity contribution in [1.82, 2.24) is 10.6 Å². The minimum Gasteiger partial charge on any atom is -0.389 e. The minimum absolute atomic E-state index is 0.0164. The van der Waals surface area contributed by atoms with Crippen molar-refractivity contribution in [3.8, 4) is 0 Å². The van der Waals surface area contributed by atoms with Crippen LogP contribution in [-0.2, 0) is 4.74 Å². The maximum atomic E-state index is 11.4. The van der Waals surface area contributed by atoms with Gasteiger partial charge in [0.2, 0.25) is 0 Å². The van der Waals surface area contributed by atoms with Gasteiger partial charge in [0.25, 0.3) is 0 Å². The molecule has 0 aromatic carbocycles. The van der Waals surface area contributed by atoms with Gasteiger partial charge in [-0.15, -0.1) is 0 Å². The largest absolute Gasteiger partial charge is 0.389 e. The lowest BCUT2D eigenvalue weighted by atomic mass is 9.88. The molecule has 3 N–H and O–H groups in total. The molecule has 0 aromatic heterocycles.